The molecule has 1 aromatic heterocycles. The number of alkyl halides is 1. The fraction of sp³-hybridized carbons (Fsp3) is 0.188. The molecule has 1 aromatic carbocycles. The van der Waals surface area contributed by atoms with Gasteiger partial charge >= 0.3 is 11.9 Å². The Bertz CT molecular complexity index is 883. The molecule has 1 heterocycles. The standard InChI is InChI=1S/C16H13ClN2O4/c1-8-11(14(20)21)4-5-16(17,13(8)15(22)23)10-2-3-12-9(6-10)7-18-19-12/h2-7,13H,1H3,(H,18,19)(H,20,21)(H,22,23). The summed E-state index contributed by atoms with van der Waals surface area (Å²) in [5.74, 6) is -3.52. The van der Waals surface area contributed by atoms with E-state index >= 15 is 0 Å². The molecule has 0 saturated heterocycles. The minimum Gasteiger partial charge on any atom is -0.481 e. The van der Waals surface area contributed by atoms with E-state index in [0.717, 1.165) is 10.9 Å². The van der Waals surface area contributed by atoms with Gasteiger partial charge in [0.05, 0.1) is 17.3 Å². The van der Waals surface area contributed by atoms with Gasteiger partial charge in [-0.1, -0.05) is 12.1 Å². The number of nitrogens with zero attached hydrogens (tertiary/aromatic N) is 1. The Kier molecular flexibility index (Phi) is 3.49. The molecular weight excluding hydrogens is 320 g/mol. The molecule has 1 aliphatic carbocycles. The lowest BCUT2D eigenvalue weighted by molar-refractivity contribution is -0.141. The minimum atomic E-state index is -1.36. The van der Waals surface area contributed by atoms with Crippen molar-refractivity contribution in [3.63, 3.8) is 0 Å². The van der Waals surface area contributed by atoms with E-state index in [0.29, 0.717) is 5.56 Å². The van der Waals surface area contributed by atoms with Crippen LogP contribution >= 0.6 is 11.6 Å². The first-order chi connectivity index (χ1) is 10.8. The maximum absolute atomic E-state index is 11.8. The summed E-state index contributed by atoms with van der Waals surface area (Å²) in [5.41, 5.74) is 1.55. The highest BCUT2D eigenvalue weighted by atomic mass is 35.5. The van der Waals surface area contributed by atoms with Crippen LogP contribution in [-0.4, -0.2) is 32.3 Å². The van der Waals surface area contributed by atoms with E-state index in [9.17, 15) is 19.8 Å². The number of carbonyl (C=O) groups is 2. The van der Waals surface area contributed by atoms with Gasteiger partial charge in [0.25, 0.3) is 0 Å². The van der Waals surface area contributed by atoms with Crippen molar-refractivity contribution in [2.75, 3.05) is 0 Å². The average molecular weight is 333 g/mol. The van der Waals surface area contributed by atoms with Gasteiger partial charge in [0.2, 0.25) is 0 Å². The maximum Gasteiger partial charge on any atom is 0.335 e. The van der Waals surface area contributed by atoms with Crippen LogP contribution in [0.4, 0.5) is 0 Å². The number of hydrogen-bond donors (Lipinski definition) is 3. The zero-order valence-corrected chi connectivity index (χ0v) is 12.8. The fourth-order valence-electron chi connectivity index (χ4n) is 2.95. The van der Waals surface area contributed by atoms with Crippen molar-refractivity contribution in [2.24, 2.45) is 5.92 Å². The quantitative estimate of drug-likeness (QED) is 0.750. The van der Waals surface area contributed by atoms with E-state index < -0.39 is 22.7 Å². The van der Waals surface area contributed by atoms with Crippen LogP contribution in [0.15, 0.2) is 47.7 Å². The van der Waals surface area contributed by atoms with Crippen LogP contribution in [0.2, 0.25) is 0 Å². The van der Waals surface area contributed by atoms with Crippen molar-refractivity contribution in [1.29, 1.82) is 0 Å². The van der Waals surface area contributed by atoms with E-state index in [4.69, 9.17) is 11.6 Å². The van der Waals surface area contributed by atoms with Crippen molar-refractivity contribution in [3.05, 3.63) is 53.3 Å². The topological polar surface area (TPSA) is 103 Å². The summed E-state index contributed by atoms with van der Waals surface area (Å²) >= 11 is 6.67. The second-order valence-corrected chi connectivity index (χ2v) is 6.07. The summed E-state index contributed by atoms with van der Waals surface area (Å²) in [7, 11) is 0. The van der Waals surface area contributed by atoms with Gasteiger partial charge in [0.15, 0.2) is 0 Å². The highest BCUT2D eigenvalue weighted by molar-refractivity contribution is 6.27. The zero-order valence-electron chi connectivity index (χ0n) is 12.1. The van der Waals surface area contributed by atoms with Crippen LogP contribution in [0, 0.1) is 5.92 Å². The average Bonchev–Trinajstić information content (AvgIpc) is 2.93. The molecule has 2 unspecified atom stereocenters. The summed E-state index contributed by atoms with van der Waals surface area (Å²) in [4.78, 5) is 21.7. The van der Waals surface area contributed by atoms with Crippen LogP contribution in [0.3, 0.4) is 0 Å². The Morgan fingerprint density at radius 3 is 2.74 bits per heavy atom. The maximum atomic E-state index is 11.8. The number of allylic oxidation sites excluding steroid dienone is 1. The molecule has 0 bridgehead atoms. The molecule has 0 aliphatic heterocycles. The third kappa shape index (κ3) is 2.31. The molecule has 6 nitrogen and oxygen atoms in total. The molecule has 23 heavy (non-hydrogen) atoms. The number of aliphatic carboxylic acids is 2. The normalized spacial score (nSPS) is 24.2. The molecule has 0 spiro atoms. The number of carboxylic acid groups (broad SMARTS) is 2. The highest BCUT2D eigenvalue weighted by Crippen LogP contribution is 2.46. The molecule has 3 rings (SSSR count). The van der Waals surface area contributed by atoms with Gasteiger partial charge in [0, 0.05) is 5.39 Å². The first-order valence-electron chi connectivity index (χ1n) is 6.83. The van der Waals surface area contributed by atoms with Crippen molar-refractivity contribution in [1.82, 2.24) is 10.2 Å². The summed E-state index contributed by atoms with van der Waals surface area (Å²) in [6, 6.07) is 5.23. The van der Waals surface area contributed by atoms with Gasteiger partial charge < -0.3 is 10.2 Å². The molecular formula is C16H13ClN2O4. The van der Waals surface area contributed by atoms with Gasteiger partial charge in [-0.15, -0.1) is 11.6 Å². The Morgan fingerprint density at radius 1 is 1.35 bits per heavy atom. The number of aromatic nitrogens is 2. The number of H-pyrrole nitrogens is 1. The number of hydrogen-bond acceptors (Lipinski definition) is 3. The van der Waals surface area contributed by atoms with Crippen LogP contribution in [0.25, 0.3) is 10.9 Å². The van der Waals surface area contributed by atoms with E-state index in [1.165, 1.54) is 19.1 Å². The molecule has 7 heteroatoms. The number of halogens is 1. The fourth-order valence-corrected chi connectivity index (χ4v) is 3.39. The number of carboxylic acids is 2. The van der Waals surface area contributed by atoms with Gasteiger partial charge in [-0.2, -0.15) is 5.10 Å². The van der Waals surface area contributed by atoms with Gasteiger partial charge in [-0.3, -0.25) is 9.89 Å². The predicted molar refractivity (Wildman–Crippen MR) is 84.2 cm³/mol. The molecule has 2 atom stereocenters. The molecule has 3 N–H and O–H groups in total. The van der Waals surface area contributed by atoms with Gasteiger partial charge in [0.1, 0.15) is 10.8 Å². The smallest absolute Gasteiger partial charge is 0.335 e. The van der Waals surface area contributed by atoms with Crippen molar-refractivity contribution in [2.45, 2.75) is 11.8 Å². The highest BCUT2D eigenvalue weighted by Gasteiger charge is 2.46. The number of fused-ring (bicyclic) bond motifs is 1. The van der Waals surface area contributed by atoms with E-state index in [-0.39, 0.29) is 11.1 Å². The number of nitrogens with one attached hydrogen (secondary N) is 1. The van der Waals surface area contributed by atoms with Crippen molar-refractivity contribution >= 4 is 34.4 Å². The lowest BCUT2D eigenvalue weighted by atomic mass is 9.75. The van der Waals surface area contributed by atoms with Crippen molar-refractivity contribution in [3.8, 4) is 0 Å². The monoisotopic (exact) mass is 332 g/mol. The molecule has 2 aromatic rings. The van der Waals surface area contributed by atoms with Gasteiger partial charge in [-0.05, 0) is 36.3 Å². The number of rotatable bonds is 3. The largest absolute Gasteiger partial charge is 0.481 e. The Labute approximate surface area is 136 Å². The van der Waals surface area contributed by atoms with Crippen LogP contribution < -0.4 is 0 Å². The first-order valence-corrected chi connectivity index (χ1v) is 7.21. The molecule has 0 saturated carbocycles. The first kappa shape index (κ1) is 15.3. The van der Waals surface area contributed by atoms with E-state index in [1.54, 1.807) is 24.4 Å². The second kappa shape index (κ2) is 5.24. The summed E-state index contributed by atoms with van der Waals surface area (Å²) in [6.45, 7) is 1.49. The van der Waals surface area contributed by atoms with Gasteiger partial charge in [-0.25, -0.2) is 4.79 Å². The molecule has 1 aliphatic rings. The third-order valence-electron chi connectivity index (χ3n) is 4.13. The molecule has 0 radical (unpaired) electrons. The lowest BCUT2D eigenvalue weighted by Gasteiger charge is -2.34. The van der Waals surface area contributed by atoms with Crippen LogP contribution in [0.1, 0.15) is 12.5 Å². The molecule has 0 amide bonds. The third-order valence-corrected chi connectivity index (χ3v) is 4.69. The Morgan fingerprint density at radius 2 is 2.09 bits per heavy atom. The number of aromatic amines is 1. The lowest BCUT2D eigenvalue weighted by Crippen LogP contribution is -2.37. The summed E-state index contributed by atoms with van der Waals surface area (Å²) < 4.78 is 0. The summed E-state index contributed by atoms with van der Waals surface area (Å²) in [6.07, 6.45) is 4.42. The Hall–Kier alpha value is -2.60. The minimum absolute atomic E-state index is 0.0435. The van der Waals surface area contributed by atoms with Crippen LogP contribution in [-0.2, 0) is 14.5 Å². The van der Waals surface area contributed by atoms with Crippen molar-refractivity contribution < 1.29 is 19.8 Å². The zero-order chi connectivity index (χ0) is 16.8. The van der Waals surface area contributed by atoms with Crippen LogP contribution in [0.5, 0.6) is 0 Å². The number of benzene rings is 1. The van der Waals surface area contributed by atoms with E-state index in [1.807, 2.05) is 0 Å². The Balaban J connectivity index is 2.18. The molecule has 0 fully saturated rings. The predicted octanol–water partition coefficient (Wildman–Crippen LogP) is 2.67. The SMILES string of the molecule is CC1=C(C(=O)O)C=CC(Cl)(c2ccc3[nH]ncc3c2)C1C(=O)O. The van der Waals surface area contributed by atoms with E-state index in [2.05, 4.69) is 10.2 Å². The summed E-state index contributed by atoms with van der Waals surface area (Å²) in [5, 5.41) is 26.4. The second-order valence-electron chi connectivity index (χ2n) is 5.45. The molecule has 118 valence electrons.